The molecule has 15 heteroatoms. The molecular weight excluding hydrogens is 432 g/mol. The molecule has 0 aliphatic rings. The van der Waals surface area contributed by atoms with Crippen LogP contribution in [0.25, 0.3) is 0 Å². The second kappa shape index (κ2) is 24.4. The molecule has 0 aromatic rings. The first kappa shape index (κ1) is 41.6. The summed E-state index contributed by atoms with van der Waals surface area (Å²) >= 11 is 0. The van der Waals surface area contributed by atoms with Crippen molar-refractivity contribution in [2.75, 3.05) is 39.3 Å². The van der Waals surface area contributed by atoms with Gasteiger partial charge in [-0.2, -0.15) is 0 Å². The normalized spacial score (nSPS) is 8.56. The van der Waals surface area contributed by atoms with Gasteiger partial charge in [-0.3, -0.25) is 9.80 Å². The number of nitrogens with zero attached hydrogens (tertiary/aromatic N) is 2. The number of hydrogen-bond acceptors (Lipinski definition) is 10. The zero-order valence-corrected chi connectivity index (χ0v) is 23.6. The van der Waals surface area contributed by atoms with Crippen molar-refractivity contribution in [2.24, 2.45) is 0 Å². The summed E-state index contributed by atoms with van der Waals surface area (Å²) in [5, 5.41) is 41.6. The second-order valence-electron chi connectivity index (χ2n) is 3.91. The van der Waals surface area contributed by atoms with Gasteiger partial charge in [-0.25, -0.2) is 0 Å². The molecule has 0 aliphatic carbocycles. The van der Waals surface area contributed by atoms with Gasteiger partial charge in [-0.05, 0) is 0 Å². The number of aliphatic carboxylic acids is 4. The Morgan fingerprint density at radius 1 is 0.520 bits per heavy atom. The van der Waals surface area contributed by atoms with E-state index in [-0.39, 0.29) is 148 Å². The van der Waals surface area contributed by atoms with Gasteiger partial charge in [-0.15, -0.1) is 0 Å². The SMILES string of the molecule is O=C([O-])CN(CCN(CC(=O)[O-])CC(=O)[O-])CC(=O)[O-].[Cu+2].[Na+].[Na+].[Na+].[Na+]. The maximum absolute atomic E-state index is 10.4. The standard InChI is InChI=1S/C10H16N2O8.Cu.4Na/c13-7(14)3-11(4-8(15)16)1-2-12(5-9(17)18)6-10(19)20;;;;;/h1-6H2,(H,13,14)(H,15,16)(H,17,18)(H,19,20);;;;;/q;+2;4*+1/p-4. The van der Waals surface area contributed by atoms with E-state index < -0.39 is 50.1 Å². The van der Waals surface area contributed by atoms with Gasteiger partial charge in [0.1, 0.15) is 0 Å². The number of carbonyl (C=O) groups is 4. The Hall–Kier alpha value is 2.32. The van der Waals surface area contributed by atoms with E-state index in [4.69, 9.17) is 0 Å². The summed E-state index contributed by atoms with van der Waals surface area (Å²) in [6.07, 6.45) is 0. The van der Waals surface area contributed by atoms with E-state index in [2.05, 4.69) is 0 Å². The Morgan fingerprint density at radius 2 is 0.680 bits per heavy atom. The molecule has 0 aliphatic heterocycles. The van der Waals surface area contributed by atoms with Crippen molar-refractivity contribution < 1.29 is 175 Å². The minimum Gasteiger partial charge on any atom is -0.549 e. The molecule has 0 rings (SSSR count). The molecule has 123 valence electrons. The summed E-state index contributed by atoms with van der Waals surface area (Å²) in [4.78, 5) is 43.4. The maximum Gasteiger partial charge on any atom is 2.00 e. The third kappa shape index (κ3) is 28.6. The van der Waals surface area contributed by atoms with Crippen LogP contribution in [0, 0.1) is 0 Å². The Morgan fingerprint density at radius 3 is 0.800 bits per heavy atom. The molecule has 0 saturated heterocycles. The molecule has 0 spiro atoms. The van der Waals surface area contributed by atoms with Crippen LogP contribution in [-0.4, -0.2) is 72.9 Å². The molecule has 0 saturated carbocycles. The summed E-state index contributed by atoms with van der Waals surface area (Å²) < 4.78 is 0. The van der Waals surface area contributed by atoms with E-state index in [1.54, 1.807) is 0 Å². The van der Waals surface area contributed by atoms with E-state index in [0.717, 1.165) is 9.80 Å². The summed E-state index contributed by atoms with van der Waals surface area (Å²) in [6, 6.07) is 0. The van der Waals surface area contributed by atoms with Gasteiger partial charge in [0, 0.05) is 39.3 Å². The molecule has 10 nitrogen and oxygen atoms in total. The zero-order chi connectivity index (χ0) is 15.7. The minimum atomic E-state index is -1.53. The maximum atomic E-state index is 10.4. The largest absolute Gasteiger partial charge is 2.00 e. The van der Waals surface area contributed by atoms with Crippen molar-refractivity contribution in [3.05, 3.63) is 0 Å². The van der Waals surface area contributed by atoms with Gasteiger partial charge in [-0.1, -0.05) is 0 Å². The molecule has 0 unspecified atom stereocenters. The summed E-state index contributed by atoms with van der Waals surface area (Å²) in [7, 11) is 0. The van der Waals surface area contributed by atoms with Crippen LogP contribution >= 0.6 is 0 Å². The van der Waals surface area contributed by atoms with Gasteiger partial charge in [0.2, 0.25) is 0 Å². The number of carboxylic acid groups (broad SMARTS) is 4. The molecule has 0 bridgehead atoms. The fourth-order valence-corrected chi connectivity index (χ4v) is 1.44. The van der Waals surface area contributed by atoms with Crippen LogP contribution in [0.4, 0.5) is 0 Å². The van der Waals surface area contributed by atoms with Crippen LogP contribution < -0.4 is 139 Å². The Bertz CT molecular complexity index is 337. The molecule has 0 atom stereocenters. The summed E-state index contributed by atoms with van der Waals surface area (Å²) in [5.41, 5.74) is 0. The molecule has 0 aromatic heterocycles. The quantitative estimate of drug-likeness (QED) is 0.280. The van der Waals surface area contributed by atoms with Crippen molar-refractivity contribution in [1.82, 2.24) is 9.80 Å². The van der Waals surface area contributed by atoms with E-state index in [1.807, 2.05) is 0 Å². The zero-order valence-electron chi connectivity index (χ0n) is 14.7. The first-order valence-electron chi connectivity index (χ1n) is 5.44. The van der Waals surface area contributed by atoms with E-state index >= 15 is 0 Å². The van der Waals surface area contributed by atoms with Crippen LogP contribution in [0.2, 0.25) is 0 Å². The van der Waals surface area contributed by atoms with Crippen LogP contribution in [0.15, 0.2) is 0 Å². The Balaban J connectivity index is -0.000000180. The smallest absolute Gasteiger partial charge is 0.549 e. The molecular formula is C10H12CuN2Na4O8+2. The third-order valence-electron chi connectivity index (χ3n) is 2.14. The fourth-order valence-electron chi connectivity index (χ4n) is 1.44. The average Bonchev–Trinajstić information content (AvgIpc) is 2.22. The van der Waals surface area contributed by atoms with Crippen LogP contribution in [-0.2, 0) is 36.2 Å². The monoisotopic (exact) mass is 443 g/mol. The van der Waals surface area contributed by atoms with E-state index in [1.165, 1.54) is 0 Å². The predicted molar refractivity (Wildman–Crippen MR) is 52.9 cm³/mol. The Kier molecular flexibility index (Phi) is 40.6. The van der Waals surface area contributed by atoms with Crippen molar-refractivity contribution in [2.45, 2.75) is 0 Å². The van der Waals surface area contributed by atoms with Crippen molar-refractivity contribution in [3.63, 3.8) is 0 Å². The van der Waals surface area contributed by atoms with Gasteiger partial charge in [0.15, 0.2) is 0 Å². The molecule has 1 radical (unpaired) electrons. The Labute approximate surface area is 244 Å². The second-order valence-corrected chi connectivity index (χ2v) is 3.91. The van der Waals surface area contributed by atoms with E-state index in [0.29, 0.717) is 0 Å². The number of carboxylic acids is 4. The molecule has 0 heterocycles. The molecule has 0 amide bonds. The van der Waals surface area contributed by atoms with Gasteiger partial charge in [0.25, 0.3) is 0 Å². The predicted octanol–water partition coefficient (Wildman–Crippen LogP) is -19.4. The average molecular weight is 444 g/mol. The van der Waals surface area contributed by atoms with Crippen molar-refractivity contribution in [1.29, 1.82) is 0 Å². The third-order valence-corrected chi connectivity index (χ3v) is 2.14. The van der Waals surface area contributed by atoms with Crippen LogP contribution in [0.3, 0.4) is 0 Å². The summed E-state index contributed by atoms with van der Waals surface area (Å²) in [5.74, 6) is -6.12. The summed E-state index contributed by atoms with van der Waals surface area (Å²) in [6.45, 7) is -3.25. The molecule has 0 fully saturated rings. The van der Waals surface area contributed by atoms with Crippen LogP contribution in [0.1, 0.15) is 0 Å². The minimum absolute atomic E-state index is 0. The molecule has 0 N–H and O–H groups in total. The number of carbonyl (C=O) groups excluding carboxylic acids is 4. The number of rotatable bonds is 11. The van der Waals surface area contributed by atoms with Crippen LogP contribution in [0.5, 0.6) is 0 Å². The van der Waals surface area contributed by atoms with Gasteiger partial charge >= 0.3 is 135 Å². The molecule has 0 aromatic carbocycles. The van der Waals surface area contributed by atoms with Gasteiger partial charge in [0.05, 0.1) is 23.9 Å². The first-order chi connectivity index (χ1) is 9.20. The van der Waals surface area contributed by atoms with Crippen molar-refractivity contribution >= 4 is 23.9 Å². The first-order valence-corrected chi connectivity index (χ1v) is 5.44. The van der Waals surface area contributed by atoms with E-state index in [9.17, 15) is 39.6 Å². The van der Waals surface area contributed by atoms with Gasteiger partial charge < -0.3 is 39.6 Å². The molecule has 25 heavy (non-hydrogen) atoms. The topological polar surface area (TPSA) is 167 Å². The van der Waals surface area contributed by atoms with Crippen molar-refractivity contribution in [3.8, 4) is 0 Å². The number of hydrogen-bond donors (Lipinski definition) is 0. The fraction of sp³-hybridized carbons (Fsp3) is 0.600.